The average Bonchev–Trinajstić information content (AvgIpc) is 3.20. The standard InChI is InChI=1S/C20H23N5O4/c1-24-10-9-20(29,19(24)28)8-7-12-3-2-4-13(11-12)25-14-5-6-15(26)22-16(14)17(23-25)18(21)27/h2-4,11,14,16-17,23,29H,5-6,9-10H2,1H3,(H2,21,27)(H,22,26)/t14?,16?,17?,20-/m0/s1. The Morgan fingerprint density at radius 1 is 1.38 bits per heavy atom. The lowest BCUT2D eigenvalue weighted by Crippen LogP contribution is -2.55. The smallest absolute Gasteiger partial charge is 0.267 e. The van der Waals surface area contributed by atoms with Gasteiger partial charge < -0.3 is 26.1 Å². The number of rotatable bonds is 2. The van der Waals surface area contributed by atoms with E-state index in [-0.39, 0.29) is 18.4 Å². The van der Waals surface area contributed by atoms with Crippen molar-refractivity contribution in [3.8, 4) is 11.8 Å². The maximum absolute atomic E-state index is 12.1. The van der Waals surface area contributed by atoms with Crippen molar-refractivity contribution in [3.05, 3.63) is 29.8 Å². The molecular formula is C20H23N5O4. The van der Waals surface area contributed by atoms with E-state index in [2.05, 4.69) is 22.6 Å². The van der Waals surface area contributed by atoms with Crippen molar-refractivity contribution in [2.75, 3.05) is 18.6 Å². The first kappa shape index (κ1) is 19.2. The Kier molecular flexibility index (Phi) is 4.68. The first-order valence-electron chi connectivity index (χ1n) is 9.54. The second-order valence-corrected chi connectivity index (χ2v) is 7.72. The molecule has 3 unspecified atom stereocenters. The number of carbonyl (C=O) groups excluding carboxylic acids is 3. The van der Waals surface area contributed by atoms with Crippen molar-refractivity contribution < 1.29 is 19.5 Å². The van der Waals surface area contributed by atoms with E-state index in [4.69, 9.17) is 5.73 Å². The number of nitrogens with two attached hydrogens (primary N) is 1. The SMILES string of the molecule is CN1CC[C@@](O)(C#Cc2cccc(N3NC(C(N)=O)C4NC(=O)CCC43)c2)C1=O. The molecule has 3 saturated heterocycles. The van der Waals surface area contributed by atoms with Gasteiger partial charge in [-0.05, 0) is 24.6 Å². The molecule has 0 aliphatic carbocycles. The van der Waals surface area contributed by atoms with E-state index in [1.807, 2.05) is 23.2 Å². The normalized spacial score (nSPS) is 31.2. The molecule has 152 valence electrons. The Labute approximate surface area is 168 Å². The second kappa shape index (κ2) is 7.06. The van der Waals surface area contributed by atoms with Gasteiger partial charge in [-0.2, -0.15) is 0 Å². The summed E-state index contributed by atoms with van der Waals surface area (Å²) in [6, 6.07) is 6.03. The maximum atomic E-state index is 12.1. The van der Waals surface area contributed by atoms with Crippen LogP contribution in [-0.4, -0.2) is 65.0 Å². The number of piperidine rings is 1. The van der Waals surface area contributed by atoms with E-state index < -0.39 is 29.5 Å². The van der Waals surface area contributed by atoms with Crippen LogP contribution in [0.5, 0.6) is 0 Å². The number of primary amides is 1. The van der Waals surface area contributed by atoms with Crippen LogP contribution in [0.4, 0.5) is 5.69 Å². The van der Waals surface area contributed by atoms with Crippen LogP contribution in [0, 0.1) is 11.8 Å². The van der Waals surface area contributed by atoms with Gasteiger partial charge in [0.1, 0.15) is 6.04 Å². The molecule has 0 saturated carbocycles. The first-order valence-corrected chi connectivity index (χ1v) is 9.54. The summed E-state index contributed by atoms with van der Waals surface area (Å²) in [7, 11) is 1.64. The average molecular weight is 397 g/mol. The van der Waals surface area contributed by atoms with E-state index in [1.165, 1.54) is 4.90 Å². The van der Waals surface area contributed by atoms with Crippen molar-refractivity contribution in [1.29, 1.82) is 0 Å². The minimum absolute atomic E-state index is 0.0970. The number of amides is 3. The number of likely N-dealkylation sites (N-methyl/N-ethyl adjacent to an activating group) is 1. The fourth-order valence-electron chi connectivity index (χ4n) is 4.12. The van der Waals surface area contributed by atoms with Crippen LogP contribution in [0.1, 0.15) is 24.8 Å². The van der Waals surface area contributed by atoms with Crippen LogP contribution < -0.4 is 21.5 Å². The predicted molar refractivity (Wildman–Crippen MR) is 104 cm³/mol. The number of nitrogens with zero attached hydrogens (tertiary/aromatic N) is 2. The van der Waals surface area contributed by atoms with Crippen LogP contribution in [0.2, 0.25) is 0 Å². The Morgan fingerprint density at radius 3 is 2.86 bits per heavy atom. The fourth-order valence-corrected chi connectivity index (χ4v) is 4.12. The summed E-state index contributed by atoms with van der Waals surface area (Å²) < 4.78 is 0. The third kappa shape index (κ3) is 3.41. The molecule has 29 heavy (non-hydrogen) atoms. The summed E-state index contributed by atoms with van der Waals surface area (Å²) in [4.78, 5) is 37.2. The summed E-state index contributed by atoms with van der Waals surface area (Å²) in [5.74, 6) is 4.57. The molecule has 0 aromatic heterocycles. The van der Waals surface area contributed by atoms with Gasteiger partial charge in [-0.15, -0.1) is 0 Å². The molecule has 3 fully saturated rings. The number of anilines is 1. The molecule has 4 rings (SSSR count). The third-order valence-corrected chi connectivity index (χ3v) is 5.73. The van der Waals surface area contributed by atoms with Gasteiger partial charge in [0.25, 0.3) is 5.91 Å². The first-order chi connectivity index (χ1) is 13.8. The van der Waals surface area contributed by atoms with Crippen molar-refractivity contribution in [1.82, 2.24) is 15.6 Å². The van der Waals surface area contributed by atoms with Crippen LogP contribution in [0.15, 0.2) is 24.3 Å². The summed E-state index contributed by atoms with van der Waals surface area (Å²) in [6.45, 7) is 0.463. The highest BCUT2D eigenvalue weighted by Crippen LogP contribution is 2.29. The van der Waals surface area contributed by atoms with Crippen molar-refractivity contribution in [2.45, 2.75) is 43.0 Å². The van der Waals surface area contributed by atoms with Gasteiger partial charge in [0, 0.05) is 32.0 Å². The van der Waals surface area contributed by atoms with Crippen molar-refractivity contribution in [2.24, 2.45) is 5.73 Å². The highest BCUT2D eigenvalue weighted by atomic mass is 16.3. The summed E-state index contributed by atoms with van der Waals surface area (Å²) in [6.07, 6.45) is 1.23. The van der Waals surface area contributed by atoms with E-state index >= 15 is 0 Å². The Bertz CT molecular complexity index is 938. The number of fused-ring (bicyclic) bond motifs is 1. The molecule has 1 aromatic carbocycles. The fraction of sp³-hybridized carbons (Fsp3) is 0.450. The molecule has 3 aliphatic rings. The van der Waals surface area contributed by atoms with Crippen LogP contribution in [0.3, 0.4) is 0 Å². The molecule has 4 atom stereocenters. The molecule has 1 aromatic rings. The highest BCUT2D eigenvalue weighted by Gasteiger charge is 2.47. The van der Waals surface area contributed by atoms with Crippen molar-refractivity contribution in [3.63, 3.8) is 0 Å². The lowest BCUT2D eigenvalue weighted by Gasteiger charge is -2.32. The molecule has 3 heterocycles. The zero-order valence-electron chi connectivity index (χ0n) is 16.0. The van der Waals surface area contributed by atoms with Gasteiger partial charge in [0.15, 0.2) is 0 Å². The van der Waals surface area contributed by atoms with E-state index in [1.54, 1.807) is 13.1 Å². The zero-order chi connectivity index (χ0) is 20.8. The number of hydrogen-bond donors (Lipinski definition) is 4. The minimum Gasteiger partial charge on any atom is -0.369 e. The molecular weight excluding hydrogens is 374 g/mol. The number of likely N-dealkylation sites (tertiary alicyclic amines) is 1. The number of aliphatic hydroxyl groups is 1. The predicted octanol–water partition coefficient (Wildman–Crippen LogP) is -1.54. The molecule has 0 radical (unpaired) electrons. The molecule has 5 N–H and O–H groups in total. The number of benzene rings is 1. The van der Waals surface area contributed by atoms with Gasteiger partial charge in [0.2, 0.25) is 17.4 Å². The number of hydrazine groups is 1. The Morgan fingerprint density at radius 2 is 2.17 bits per heavy atom. The minimum atomic E-state index is -1.66. The molecule has 3 aliphatic heterocycles. The van der Waals surface area contributed by atoms with Crippen molar-refractivity contribution >= 4 is 23.4 Å². The van der Waals surface area contributed by atoms with Gasteiger partial charge in [0.05, 0.1) is 17.8 Å². The maximum Gasteiger partial charge on any atom is 0.267 e. The second-order valence-electron chi connectivity index (χ2n) is 7.72. The third-order valence-electron chi connectivity index (χ3n) is 5.73. The zero-order valence-corrected chi connectivity index (χ0v) is 16.0. The van der Waals surface area contributed by atoms with Gasteiger partial charge in [-0.3, -0.25) is 14.4 Å². The molecule has 0 spiro atoms. The summed E-state index contributed by atoms with van der Waals surface area (Å²) >= 11 is 0. The van der Waals surface area contributed by atoms with Crippen LogP contribution in [-0.2, 0) is 14.4 Å². The monoisotopic (exact) mass is 397 g/mol. The topological polar surface area (TPSA) is 128 Å². The molecule has 3 amide bonds. The summed E-state index contributed by atoms with van der Waals surface area (Å²) in [5.41, 5.74) is 8.33. The lowest BCUT2D eigenvalue weighted by atomic mass is 9.93. The molecule has 9 nitrogen and oxygen atoms in total. The van der Waals surface area contributed by atoms with Gasteiger partial charge in [-0.1, -0.05) is 17.9 Å². The van der Waals surface area contributed by atoms with E-state index in [0.717, 1.165) is 5.69 Å². The van der Waals surface area contributed by atoms with Crippen LogP contribution >= 0.6 is 0 Å². The Balaban J connectivity index is 1.60. The Hall–Kier alpha value is -3.09. The molecule has 9 heteroatoms. The van der Waals surface area contributed by atoms with E-state index in [9.17, 15) is 19.5 Å². The van der Waals surface area contributed by atoms with Gasteiger partial charge in [-0.25, -0.2) is 5.43 Å². The van der Waals surface area contributed by atoms with E-state index in [0.29, 0.717) is 24.9 Å². The number of hydrogen-bond acceptors (Lipinski definition) is 6. The number of carbonyl (C=O) groups is 3. The molecule has 0 bridgehead atoms. The quantitative estimate of drug-likeness (QED) is 0.448. The number of nitrogens with one attached hydrogen (secondary N) is 2. The summed E-state index contributed by atoms with van der Waals surface area (Å²) in [5, 5.41) is 15.2. The highest BCUT2D eigenvalue weighted by molar-refractivity contribution is 5.90. The van der Waals surface area contributed by atoms with Crippen LogP contribution in [0.25, 0.3) is 0 Å². The largest absolute Gasteiger partial charge is 0.369 e. The van der Waals surface area contributed by atoms with Gasteiger partial charge >= 0.3 is 0 Å². The lowest BCUT2D eigenvalue weighted by molar-refractivity contribution is -0.137.